The van der Waals surface area contributed by atoms with E-state index in [1.54, 1.807) is 6.20 Å². The molecule has 0 saturated carbocycles. The molecule has 0 fully saturated rings. The maximum Gasteiger partial charge on any atom is 0.251 e. The van der Waals surface area contributed by atoms with Crippen molar-refractivity contribution in [2.45, 2.75) is 46.1 Å². The molecule has 34 heavy (non-hydrogen) atoms. The smallest absolute Gasteiger partial charge is 0.251 e. The normalized spacial score (nSPS) is 15.9. The number of carbonyl (C=O) groups is 1. The molecule has 1 amide bonds. The van der Waals surface area contributed by atoms with Crippen LogP contribution in [0.5, 0.6) is 0 Å². The summed E-state index contributed by atoms with van der Waals surface area (Å²) in [4.78, 5) is 30.9. The van der Waals surface area contributed by atoms with Crippen molar-refractivity contribution in [2.75, 3.05) is 38.1 Å². The van der Waals surface area contributed by atoms with E-state index in [0.717, 1.165) is 55.3 Å². The van der Waals surface area contributed by atoms with Crippen molar-refractivity contribution < 1.29 is 4.79 Å². The molecule has 0 spiro atoms. The zero-order valence-corrected chi connectivity index (χ0v) is 20.8. The van der Waals surface area contributed by atoms with Crippen molar-refractivity contribution in [3.8, 4) is 0 Å². The zero-order chi connectivity index (χ0) is 24.5. The Balaban J connectivity index is 1.59. The van der Waals surface area contributed by atoms with Crippen LogP contribution in [-0.4, -0.2) is 60.7 Å². The molecular formula is C26H37N7O. The maximum absolute atomic E-state index is 12.6. The minimum atomic E-state index is -0.0379. The average molecular weight is 464 g/mol. The highest BCUT2D eigenvalue weighted by Crippen LogP contribution is 2.29. The first-order valence-electron chi connectivity index (χ1n) is 12.1. The van der Waals surface area contributed by atoms with Crippen LogP contribution in [0.1, 0.15) is 62.1 Å². The van der Waals surface area contributed by atoms with Gasteiger partial charge in [0.1, 0.15) is 5.84 Å². The first-order chi connectivity index (χ1) is 16.4. The van der Waals surface area contributed by atoms with Crippen molar-refractivity contribution in [1.29, 1.82) is 0 Å². The summed E-state index contributed by atoms with van der Waals surface area (Å²) < 4.78 is 0. The Morgan fingerprint density at radius 2 is 2.06 bits per heavy atom. The summed E-state index contributed by atoms with van der Waals surface area (Å²) in [5.41, 5.74) is 9.53. The Morgan fingerprint density at radius 3 is 2.82 bits per heavy atom. The number of rotatable bonds is 9. The number of hydrogen-bond donors (Lipinski definition) is 2. The van der Waals surface area contributed by atoms with E-state index in [9.17, 15) is 4.79 Å². The van der Waals surface area contributed by atoms with Crippen LogP contribution in [0.15, 0.2) is 52.6 Å². The summed E-state index contributed by atoms with van der Waals surface area (Å²) in [6, 6.07) is 11.6. The maximum atomic E-state index is 12.6. The predicted octanol–water partition coefficient (Wildman–Crippen LogP) is 3.92. The lowest BCUT2D eigenvalue weighted by molar-refractivity contribution is 0.0952. The van der Waals surface area contributed by atoms with Gasteiger partial charge in [-0.2, -0.15) is 0 Å². The molecule has 2 heterocycles. The van der Waals surface area contributed by atoms with E-state index >= 15 is 0 Å². The van der Waals surface area contributed by atoms with Crippen molar-refractivity contribution in [2.24, 2.45) is 15.7 Å². The lowest BCUT2D eigenvalue weighted by Crippen LogP contribution is -2.35. The number of nitrogens with one attached hydrogen (secondary N) is 1. The van der Waals surface area contributed by atoms with Gasteiger partial charge in [-0.1, -0.05) is 13.0 Å². The molecule has 3 rings (SSSR count). The van der Waals surface area contributed by atoms with Crippen LogP contribution in [0, 0.1) is 0 Å². The number of fused-ring (bicyclic) bond motifs is 1. The standard InChI is InChI=1S/C26H37N7O/c1-5-24-30-18-23(27)31-22-13-10-15-28-25(22)19(3)33(24)16-8-7-14-29-26(34)20-11-9-12-21(17-20)32(4)6-2/h9-13,15,17,19H,5-8,14,16,18H2,1-4H3,(H2,27,31)(H,29,34). The second-order valence-electron chi connectivity index (χ2n) is 8.49. The number of carbonyl (C=O) groups excluding carboxylic acids is 1. The highest BCUT2D eigenvalue weighted by molar-refractivity contribution is 5.95. The number of nitrogens with zero attached hydrogens (tertiary/aromatic N) is 5. The number of unbranched alkanes of at least 4 members (excludes halogenated alkanes) is 1. The van der Waals surface area contributed by atoms with Crippen LogP contribution in [0.4, 0.5) is 11.4 Å². The number of aromatic nitrogens is 1. The Hall–Kier alpha value is -3.42. The predicted molar refractivity (Wildman–Crippen MR) is 140 cm³/mol. The monoisotopic (exact) mass is 463 g/mol. The fourth-order valence-electron chi connectivity index (χ4n) is 4.07. The summed E-state index contributed by atoms with van der Waals surface area (Å²) >= 11 is 0. The molecule has 0 aliphatic carbocycles. The molecule has 0 radical (unpaired) electrons. The largest absolute Gasteiger partial charge is 0.386 e. The molecule has 182 valence electrons. The molecule has 1 aromatic carbocycles. The molecule has 3 N–H and O–H groups in total. The van der Waals surface area contributed by atoms with Crippen LogP contribution >= 0.6 is 0 Å². The third kappa shape index (κ3) is 6.34. The van der Waals surface area contributed by atoms with Gasteiger partial charge in [-0.3, -0.25) is 14.8 Å². The van der Waals surface area contributed by atoms with Crippen molar-refractivity contribution in [3.05, 3.63) is 53.9 Å². The van der Waals surface area contributed by atoms with Gasteiger partial charge in [-0.25, -0.2) is 4.99 Å². The van der Waals surface area contributed by atoms with Gasteiger partial charge in [0.2, 0.25) is 0 Å². The number of amides is 1. The van der Waals surface area contributed by atoms with E-state index in [0.29, 0.717) is 24.5 Å². The Labute approximate surface area is 203 Å². The summed E-state index contributed by atoms with van der Waals surface area (Å²) in [7, 11) is 2.02. The SMILES string of the molecule is CCC1=NCC(N)=Nc2cccnc2C(C)N1CCCCNC(=O)c1cccc(N(C)CC)c1. The zero-order valence-electron chi connectivity index (χ0n) is 20.8. The fourth-order valence-corrected chi connectivity index (χ4v) is 4.07. The van der Waals surface area contributed by atoms with E-state index < -0.39 is 0 Å². The molecule has 8 nitrogen and oxygen atoms in total. The van der Waals surface area contributed by atoms with Crippen LogP contribution < -0.4 is 16.0 Å². The summed E-state index contributed by atoms with van der Waals surface area (Å²) in [5, 5.41) is 3.06. The van der Waals surface area contributed by atoms with Gasteiger partial charge >= 0.3 is 0 Å². The van der Waals surface area contributed by atoms with Gasteiger partial charge in [0, 0.05) is 50.6 Å². The quantitative estimate of drug-likeness (QED) is 0.549. The van der Waals surface area contributed by atoms with Crippen LogP contribution in [0.3, 0.4) is 0 Å². The van der Waals surface area contributed by atoms with E-state index in [1.165, 1.54) is 0 Å². The van der Waals surface area contributed by atoms with Gasteiger partial charge in [-0.05, 0) is 57.0 Å². The van der Waals surface area contributed by atoms with Crippen molar-refractivity contribution >= 4 is 29.0 Å². The lowest BCUT2D eigenvalue weighted by atomic mass is 10.1. The fraction of sp³-hybridized carbons (Fsp3) is 0.462. The Morgan fingerprint density at radius 1 is 1.24 bits per heavy atom. The highest BCUT2D eigenvalue weighted by atomic mass is 16.1. The van der Waals surface area contributed by atoms with Gasteiger partial charge in [0.25, 0.3) is 5.91 Å². The van der Waals surface area contributed by atoms with Crippen LogP contribution in [0.25, 0.3) is 0 Å². The second-order valence-corrected chi connectivity index (χ2v) is 8.49. The average Bonchev–Trinajstić information content (AvgIpc) is 2.91. The van der Waals surface area contributed by atoms with Gasteiger partial charge in [0.05, 0.1) is 29.8 Å². The topological polar surface area (TPSA) is 99.2 Å². The molecule has 2 aromatic rings. The molecule has 1 atom stereocenters. The second kappa shape index (κ2) is 12.2. The molecule has 8 heteroatoms. The van der Waals surface area contributed by atoms with Gasteiger partial charge in [0.15, 0.2) is 0 Å². The van der Waals surface area contributed by atoms with Crippen molar-refractivity contribution in [1.82, 2.24) is 15.2 Å². The summed E-state index contributed by atoms with van der Waals surface area (Å²) in [5.74, 6) is 1.46. The van der Waals surface area contributed by atoms with Crippen LogP contribution in [-0.2, 0) is 0 Å². The number of benzene rings is 1. The third-order valence-corrected chi connectivity index (χ3v) is 6.15. The van der Waals surface area contributed by atoms with E-state index in [-0.39, 0.29) is 11.9 Å². The number of aliphatic imine (C=N–C) groups is 2. The van der Waals surface area contributed by atoms with Crippen LogP contribution in [0.2, 0.25) is 0 Å². The minimum Gasteiger partial charge on any atom is -0.386 e. The Kier molecular flexibility index (Phi) is 9.01. The summed E-state index contributed by atoms with van der Waals surface area (Å²) in [6.07, 6.45) is 4.39. The van der Waals surface area contributed by atoms with Gasteiger partial charge in [-0.15, -0.1) is 0 Å². The number of anilines is 1. The van der Waals surface area contributed by atoms with E-state index in [2.05, 4.69) is 45.9 Å². The molecule has 0 bridgehead atoms. The van der Waals surface area contributed by atoms with Gasteiger partial charge < -0.3 is 20.9 Å². The summed E-state index contributed by atoms with van der Waals surface area (Å²) in [6.45, 7) is 9.04. The first kappa shape index (κ1) is 25.2. The molecule has 1 unspecified atom stereocenters. The van der Waals surface area contributed by atoms with Crippen molar-refractivity contribution in [3.63, 3.8) is 0 Å². The Bertz CT molecular complexity index is 1030. The number of pyridine rings is 1. The van der Waals surface area contributed by atoms with E-state index in [1.807, 2.05) is 43.4 Å². The molecule has 1 aliphatic rings. The van der Waals surface area contributed by atoms with E-state index in [4.69, 9.17) is 10.7 Å². The first-order valence-corrected chi connectivity index (χ1v) is 12.1. The number of nitrogens with two attached hydrogens (primary N) is 1. The lowest BCUT2D eigenvalue weighted by Gasteiger charge is -2.32. The number of hydrogen-bond acceptors (Lipinski definition) is 7. The highest BCUT2D eigenvalue weighted by Gasteiger charge is 2.23. The molecular weight excluding hydrogens is 426 g/mol. The molecule has 1 aromatic heterocycles. The minimum absolute atomic E-state index is 0.0254. The third-order valence-electron chi connectivity index (χ3n) is 6.15. The molecule has 1 aliphatic heterocycles. The molecule has 0 saturated heterocycles. The number of amidine groups is 2.